The fourth-order valence-electron chi connectivity index (χ4n) is 2.20. The van der Waals surface area contributed by atoms with Gasteiger partial charge in [0.05, 0.1) is 0 Å². The monoisotopic (exact) mass is 386 g/mol. The summed E-state index contributed by atoms with van der Waals surface area (Å²) in [6.07, 6.45) is 0. The molecule has 0 saturated heterocycles. The van der Waals surface area contributed by atoms with E-state index in [4.69, 9.17) is 4.74 Å². The van der Waals surface area contributed by atoms with E-state index in [0.717, 1.165) is 4.90 Å². The molecule has 0 bridgehead atoms. The highest BCUT2D eigenvalue weighted by atomic mass is 32.2. The van der Waals surface area contributed by atoms with Gasteiger partial charge in [-0.3, -0.25) is 14.4 Å². The lowest BCUT2D eigenvalue weighted by atomic mass is 10.2. The fraction of sp³-hybridized carbons (Fsp3) is 0.250. The maximum atomic E-state index is 12.0. The van der Waals surface area contributed by atoms with Crippen LogP contribution in [-0.4, -0.2) is 36.2 Å². The van der Waals surface area contributed by atoms with Gasteiger partial charge in [0, 0.05) is 22.7 Å². The molecule has 0 aliphatic rings. The zero-order valence-electron chi connectivity index (χ0n) is 15.2. The molecule has 6 nitrogen and oxygen atoms in total. The van der Waals surface area contributed by atoms with Crippen molar-refractivity contribution in [2.45, 2.75) is 24.0 Å². The summed E-state index contributed by atoms with van der Waals surface area (Å²) in [6, 6.07) is 16.1. The molecule has 0 radical (unpaired) electrons. The first-order valence-electron chi connectivity index (χ1n) is 8.56. The van der Waals surface area contributed by atoms with E-state index in [1.165, 1.54) is 11.8 Å². The molecule has 2 N–H and O–H groups in total. The second-order valence-electron chi connectivity index (χ2n) is 5.67. The molecule has 2 aromatic rings. The molecule has 142 valence electrons. The van der Waals surface area contributed by atoms with Gasteiger partial charge in [-0.15, -0.1) is 11.8 Å². The van der Waals surface area contributed by atoms with E-state index < -0.39 is 17.1 Å². The van der Waals surface area contributed by atoms with Crippen molar-refractivity contribution in [1.29, 1.82) is 0 Å². The van der Waals surface area contributed by atoms with E-state index in [1.54, 1.807) is 31.2 Å². The highest BCUT2D eigenvalue weighted by Crippen LogP contribution is 2.23. The maximum absolute atomic E-state index is 12.0. The second-order valence-corrected chi connectivity index (χ2v) is 7.08. The fourth-order valence-corrected chi connectivity index (χ4v) is 3.09. The topological polar surface area (TPSA) is 84.5 Å². The minimum absolute atomic E-state index is 0.216. The highest BCUT2D eigenvalue weighted by molar-refractivity contribution is 8.00. The summed E-state index contributed by atoms with van der Waals surface area (Å²) in [5.74, 6) is -1.14. The van der Waals surface area contributed by atoms with Crippen LogP contribution >= 0.6 is 11.8 Å². The number of hydrogen-bond acceptors (Lipinski definition) is 5. The summed E-state index contributed by atoms with van der Waals surface area (Å²) in [5.41, 5.74) is 0.908. The Hall–Kier alpha value is -2.80. The zero-order valence-corrected chi connectivity index (χ0v) is 16.0. The Morgan fingerprint density at radius 3 is 2.52 bits per heavy atom. The van der Waals surface area contributed by atoms with Crippen molar-refractivity contribution < 1.29 is 19.1 Å². The normalized spacial score (nSPS) is 11.3. The molecule has 0 aliphatic carbocycles. The molecule has 0 heterocycles. The van der Waals surface area contributed by atoms with E-state index in [-0.39, 0.29) is 12.5 Å². The lowest BCUT2D eigenvalue weighted by Gasteiger charge is -2.12. The molecule has 7 heteroatoms. The van der Waals surface area contributed by atoms with Crippen LogP contribution in [-0.2, 0) is 14.3 Å². The van der Waals surface area contributed by atoms with Gasteiger partial charge >= 0.3 is 5.97 Å². The van der Waals surface area contributed by atoms with Gasteiger partial charge in [-0.2, -0.15) is 0 Å². The molecule has 2 aromatic carbocycles. The molecule has 0 aliphatic heterocycles. The van der Waals surface area contributed by atoms with Crippen molar-refractivity contribution in [3.05, 3.63) is 60.2 Å². The Morgan fingerprint density at radius 2 is 1.81 bits per heavy atom. The van der Waals surface area contributed by atoms with Gasteiger partial charge in [0.1, 0.15) is 5.25 Å². The number of thioether (sulfide) groups is 1. The first kappa shape index (κ1) is 20.5. The van der Waals surface area contributed by atoms with E-state index >= 15 is 0 Å². The van der Waals surface area contributed by atoms with Crippen LogP contribution in [0.15, 0.2) is 59.5 Å². The summed E-state index contributed by atoms with van der Waals surface area (Å²) in [7, 11) is 0. The molecule has 0 spiro atoms. The molecule has 1 atom stereocenters. The molecule has 0 saturated carbocycles. The molecular weight excluding hydrogens is 364 g/mol. The molecule has 2 amide bonds. The Bertz CT molecular complexity index is 796. The lowest BCUT2D eigenvalue weighted by Crippen LogP contribution is -2.25. The highest BCUT2D eigenvalue weighted by Gasteiger charge is 2.17. The van der Waals surface area contributed by atoms with Gasteiger partial charge in [0.2, 0.25) is 0 Å². The standard InChI is InChI=1S/C20H22N2O4S/c1-3-21-19(24)15-8-7-9-16(12-15)22-18(23)13-26-20(25)14(2)27-17-10-5-4-6-11-17/h4-12,14H,3,13H2,1-2H3,(H,21,24)(H,22,23)/t14-/m0/s1. The summed E-state index contributed by atoms with van der Waals surface area (Å²) in [6.45, 7) is 3.69. The van der Waals surface area contributed by atoms with Crippen molar-refractivity contribution in [1.82, 2.24) is 5.32 Å². The molecule has 27 heavy (non-hydrogen) atoms. The molecule has 0 fully saturated rings. The molecule has 0 aromatic heterocycles. The van der Waals surface area contributed by atoms with Crippen molar-refractivity contribution in [2.24, 2.45) is 0 Å². The Balaban J connectivity index is 1.82. The van der Waals surface area contributed by atoms with E-state index in [9.17, 15) is 14.4 Å². The van der Waals surface area contributed by atoms with E-state index in [1.807, 2.05) is 37.3 Å². The van der Waals surface area contributed by atoms with Gasteiger partial charge in [0.25, 0.3) is 11.8 Å². The second kappa shape index (κ2) is 10.4. The summed E-state index contributed by atoms with van der Waals surface area (Å²) < 4.78 is 5.08. The predicted molar refractivity (Wildman–Crippen MR) is 106 cm³/mol. The number of carbonyl (C=O) groups is 3. The van der Waals surface area contributed by atoms with E-state index in [2.05, 4.69) is 10.6 Å². The van der Waals surface area contributed by atoms with Crippen LogP contribution in [0.5, 0.6) is 0 Å². The number of esters is 1. The number of amides is 2. The number of rotatable bonds is 8. The zero-order chi connectivity index (χ0) is 19.6. The number of benzene rings is 2. The lowest BCUT2D eigenvalue weighted by molar-refractivity contribution is -0.146. The van der Waals surface area contributed by atoms with Gasteiger partial charge in [-0.1, -0.05) is 24.3 Å². The van der Waals surface area contributed by atoms with Crippen molar-refractivity contribution >= 4 is 35.2 Å². The van der Waals surface area contributed by atoms with Gasteiger partial charge in [-0.25, -0.2) is 0 Å². The van der Waals surface area contributed by atoms with Crippen LogP contribution in [0.2, 0.25) is 0 Å². The van der Waals surface area contributed by atoms with Crippen LogP contribution in [0.4, 0.5) is 5.69 Å². The van der Waals surface area contributed by atoms with Gasteiger partial charge < -0.3 is 15.4 Å². The molecule has 2 rings (SSSR count). The van der Waals surface area contributed by atoms with Gasteiger partial charge in [-0.05, 0) is 44.2 Å². The predicted octanol–water partition coefficient (Wildman–Crippen LogP) is 3.10. The van der Waals surface area contributed by atoms with Crippen LogP contribution in [0.3, 0.4) is 0 Å². The van der Waals surface area contributed by atoms with Crippen LogP contribution < -0.4 is 10.6 Å². The van der Waals surface area contributed by atoms with E-state index in [0.29, 0.717) is 17.8 Å². The quantitative estimate of drug-likeness (QED) is 0.538. The van der Waals surface area contributed by atoms with Crippen molar-refractivity contribution in [3.63, 3.8) is 0 Å². The number of carbonyl (C=O) groups excluding carboxylic acids is 3. The smallest absolute Gasteiger partial charge is 0.319 e. The number of nitrogens with one attached hydrogen (secondary N) is 2. The Morgan fingerprint density at radius 1 is 1.07 bits per heavy atom. The number of anilines is 1. The van der Waals surface area contributed by atoms with Crippen LogP contribution in [0, 0.1) is 0 Å². The Labute approximate surface area is 162 Å². The van der Waals surface area contributed by atoms with Crippen molar-refractivity contribution in [3.8, 4) is 0 Å². The maximum Gasteiger partial charge on any atom is 0.319 e. The van der Waals surface area contributed by atoms with Crippen LogP contribution in [0.1, 0.15) is 24.2 Å². The van der Waals surface area contributed by atoms with Crippen LogP contribution in [0.25, 0.3) is 0 Å². The van der Waals surface area contributed by atoms with Crippen molar-refractivity contribution in [2.75, 3.05) is 18.5 Å². The first-order valence-corrected chi connectivity index (χ1v) is 9.44. The third kappa shape index (κ3) is 6.79. The van der Waals surface area contributed by atoms with Gasteiger partial charge in [0.15, 0.2) is 6.61 Å². The SMILES string of the molecule is CCNC(=O)c1cccc(NC(=O)COC(=O)[C@H](C)Sc2ccccc2)c1. The molecule has 0 unspecified atom stereocenters. The third-order valence-corrected chi connectivity index (χ3v) is 4.57. The summed E-state index contributed by atoms with van der Waals surface area (Å²) in [4.78, 5) is 36.8. The molecular formula is C20H22N2O4S. The summed E-state index contributed by atoms with van der Waals surface area (Å²) >= 11 is 1.37. The largest absolute Gasteiger partial charge is 0.455 e. The average molecular weight is 386 g/mol. The Kier molecular flexibility index (Phi) is 7.88. The minimum atomic E-state index is -0.465. The first-order chi connectivity index (χ1) is 13.0. The third-order valence-electron chi connectivity index (χ3n) is 3.48. The number of hydrogen-bond donors (Lipinski definition) is 2. The summed E-state index contributed by atoms with van der Waals surface area (Å²) in [5, 5.41) is 4.88. The number of ether oxygens (including phenoxy) is 1. The minimum Gasteiger partial charge on any atom is -0.455 e. The average Bonchev–Trinajstić information content (AvgIpc) is 2.67.